The molecular formula is C21H27NO4. The lowest BCUT2D eigenvalue weighted by Crippen LogP contribution is -2.27. The molecule has 0 bridgehead atoms. The van der Waals surface area contributed by atoms with Crippen LogP contribution in [-0.2, 0) is 0 Å². The number of ether oxygens (including phenoxy) is 3. The molecule has 0 aliphatic rings. The van der Waals surface area contributed by atoms with Crippen LogP contribution in [0.25, 0.3) is 0 Å². The molecule has 140 valence electrons. The highest BCUT2D eigenvalue weighted by Gasteiger charge is 2.19. The fourth-order valence-corrected chi connectivity index (χ4v) is 3.02. The van der Waals surface area contributed by atoms with E-state index in [-0.39, 0.29) is 11.9 Å². The Morgan fingerprint density at radius 2 is 1.38 bits per heavy atom. The van der Waals surface area contributed by atoms with E-state index in [0.29, 0.717) is 22.8 Å². The van der Waals surface area contributed by atoms with Crippen molar-refractivity contribution in [2.45, 2.75) is 33.7 Å². The van der Waals surface area contributed by atoms with Crippen molar-refractivity contribution in [2.75, 3.05) is 21.3 Å². The van der Waals surface area contributed by atoms with Gasteiger partial charge in [-0.25, -0.2) is 0 Å². The largest absolute Gasteiger partial charge is 0.493 e. The van der Waals surface area contributed by atoms with E-state index in [4.69, 9.17) is 14.2 Å². The quantitative estimate of drug-likeness (QED) is 0.845. The normalized spacial score (nSPS) is 11.7. The maximum absolute atomic E-state index is 12.8. The highest BCUT2D eigenvalue weighted by molar-refractivity contribution is 5.96. The summed E-state index contributed by atoms with van der Waals surface area (Å²) >= 11 is 0. The van der Waals surface area contributed by atoms with Crippen molar-refractivity contribution in [3.8, 4) is 17.2 Å². The maximum Gasteiger partial charge on any atom is 0.252 e. The molecule has 0 heterocycles. The minimum absolute atomic E-state index is 0.124. The second kappa shape index (κ2) is 8.13. The van der Waals surface area contributed by atoms with Gasteiger partial charge in [0, 0.05) is 5.56 Å². The molecule has 0 radical (unpaired) electrons. The summed E-state index contributed by atoms with van der Waals surface area (Å²) in [6, 6.07) is 7.45. The van der Waals surface area contributed by atoms with Crippen LogP contribution in [0.1, 0.15) is 45.6 Å². The molecule has 0 spiro atoms. The number of hydrogen-bond donors (Lipinski definition) is 1. The van der Waals surface area contributed by atoms with Crippen LogP contribution < -0.4 is 19.5 Å². The molecule has 1 amide bonds. The molecule has 26 heavy (non-hydrogen) atoms. The van der Waals surface area contributed by atoms with Crippen LogP contribution in [0.2, 0.25) is 0 Å². The fraction of sp³-hybridized carbons (Fsp3) is 0.381. The van der Waals surface area contributed by atoms with Gasteiger partial charge in [-0.05, 0) is 62.1 Å². The summed E-state index contributed by atoms with van der Waals surface area (Å²) in [4.78, 5) is 12.8. The first-order valence-electron chi connectivity index (χ1n) is 8.51. The fourth-order valence-electron chi connectivity index (χ4n) is 3.02. The minimum Gasteiger partial charge on any atom is -0.493 e. The lowest BCUT2D eigenvalue weighted by molar-refractivity contribution is 0.0939. The lowest BCUT2D eigenvalue weighted by atomic mass is 9.96. The standard InChI is InChI=1S/C21H27NO4/c1-12-8-14(3)17(9-13(12)2)15(4)22-21(23)16-10-18(24-5)20(26-7)19(11-16)25-6/h8-11,15H,1-7H3,(H,22,23)/t15-/m1/s1. The predicted molar refractivity (Wildman–Crippen MR) is 103 cm³/mol. The van der Waals surface area contributed by atoms with Crippen molar-refractivity contribution in [2.24, 2.45) is 0 Å². The third-order valence-electron chi connectivity index (χ3n) is 4.62. The molecule has 2 rings (SSSR count). The molecule has 5 nitrogen and oxygen atoms in total. The highest BCUT2D eigenvalue weighted by atomic mass is 16.5. The third-order valence-corrected chi connectivity index (χ3v) is 4.62. The number of benzene rings is 2. The van der Waals surface area contributed by atoms with E-state index in [2.05, 4.69) is 38.2 Å². The monoisotopic (exact) mass is 357 g/mol. The Labute approximate surface area is 155 Å². The van der Waals surface area contributed by atoms with Gasteiger partial charge in [0.05, 0.1) is 27.4 Å². The summed E-state index contributed by atoms with van der Waals surface area (Å²) in [5, 5.41) is 3.05. The van der Waals surface area contributed by atoms with Crippen molar-refractivity contribution < 1.29 is 19.0 Å². The Morgan fingerprint density at radius 3 is 1.88 bits per heavy atom. The van der Waals surface area contributed by atoms with Gasteiger partial charge in [-0.1, -0.05) is 12.1 Å². The van der Waals surface area contributed by atoms with Crippen molar-refractivity contribution in [3.63, 3.8) is 0 Å². The molecule has 0 aliphatic heterocycles. The SMILES string of the molecule is COc1cc(C(=O)N[C@H](C)c2cc(C)c(C)cc2C)cc(OC)c1OC. The summed E-state index contributed by atoms with van der Waals surface area (Å²) < 4.78 is 15.9. The first-order valence-corrected chi connectivity index (χ1v) is 8.51. The molecule has 0 unspecified atom stereocenters. The van der Waals surface area contributed by atoms with Crippen LogP contribution in [0.15, 0.2) is 24.3 Å². The molecule has 0 aromatic heterocycles. The summed E-state index contributed by atoms with van der Waals surface area (Å²) in [6.45, 7) is 8.20. The van der Waals surface area contributed by atoms with Gasteiger partial charge in [0.15, 0.2) is 11.5 Å². The molecule has 0 saturated carbocycles. The maximum atomic E-state index is 12.8. The van der Waals surface area contributed by atoms with Crippen LogP contribution >= 0.6 is 0 Å². The van der Waals surface area contributed by atoms with E-state index in [1.165, 1.54) is 32.5 Å². The molecule has 1 N–H and O–H groups in total. The van der Waals surface area contributed by atoms with Crippen LogP contribution in [0.4, 0.5) is 0 Å². The number of amides is 1. The number of rotatable bonds is 6. The van der Waals surface area contributed by atoms with E-state index < -0.39 is 0 Å². The number of carbonyl (C=O) groups excluding carboxylic acids is 1. The van der Waals surface area contributed by atoms with E-state index >= 15 is 0 Å². The van der Waals surface area contributed by atoms with Crippen molar-refractivity contribution >= 4 is 5.91 Å². The predicted octanol–water partition coefficient (Wildman–Crippen LogP) is 4.13. The van der Waals surface area contributed by atoms with Crippen molar-refractivity contribution in [3.05, 3.63) is 52.1 Å². The first kappa shape index (κ1) is 19.6. The van der Waals surface area contributed by atoms with Gasteiger partial charge in [0.2, 0.25) is 5.75 Å². The smallest absolute Gasteiger partial charge is 0.252 e. The number of methoxy groups -OCH3 is 3. The third kappa shape index (κ3) is 3.93. The Balaban J connectivity index is 2.31. The molecule has 2 aromatic rings. The zero-order valence-corrected chi connectivity index (χ0v) is 16.5. The molecule has 1 atom stereocenters. The zero-order valence-electron chi connectivity index (χ0n) is 16.5. The Morgan fingerprint density at radius 1 is 0.846 bits per heavy atom. The Bertz CT molecular complexity index is 789. The van der Waals surface area contributed by atoms with Crippen LogP contribution in [-0.4, -0.2) is 27.2 Å². The molecule has 0 fully saturated rings. The van der Waals surface area contributed by atoms with Gasteiger partial charge in [0.25, 0.3) is 5.91 Å². The van der Waals surface area contributed by atoms with Gasteiger partial charge in [-0.2, -0.15) is 0 Å². The summed E-state index contributed by atoms with van der Waals surface area (Å²) in [5.41, 5.74) is 5.17. The number of carbonyl (C=O) groups is 1. The average molecular weight is 357 g/mol. The van der Waals surface area contributed by atoms with Crippen LogP contribution in [0, 0.1) is 20.8 Å². The lowest BCUT2D eigenvalue weighted by Gasteiger charge is -2.19. The Kier molecular flexibility index (Phi) is 6.14. The Hall–Kier alpha value is -2.69. The number of hydrogen-bond acceptors (Lipinski definition) is 4. The highest BCUT2D eigenvalue weighted by Crippen LogP contribution is 2.38. The minimum atomic E-state index is -0.200. The average Bonchev–Trinajstić information content (AvgIpc) is 2.62. The van der Waals surface area contributed by atoms with Gasteiger partial charge in [-0.3, -0.25) is 4.79 Å². The number of nitrogens with one attached hydrogen (secondary N) is 1. The van der Waals surface area contributed by atoms with E-state index in [9.17, 15) is 4.79 Å². The van der Waals surface area contributed by atoms with E-state index in [0.717, 1.165) is 11.1 Å². The van der Waals surface area contributed by atoms with Gasteiger partial charge >= 0.3 is 0 Å². The van der Waals surface area contributed by atoms with Crippen LogP contribution in [0.3, 0.4) is 0 Å². The molecule has 0 saturated heterocycles. The molecular weight excluding hydrogens is 330 g/mol. The van der Waals surface area contributed by atoms with Gasteiger partial charge in [-0.15, -0.1) is 0 Å². The number of aryl methyl sites for hydroxylation is 3. The van der Waals surface area contributed by atoms with Crippen molar-refractivity contribution in [1.29, 1.82) is 0 Å². The first-order chi connectivity index (χ1) is 12.3. The summed E-state index contributed by atoms with van der Waals surface area (Å²) in [6.07, 6.45) is 0. The molecule has 0 aliphatic carbocycles. The summed E-state index contributed by atoms with van der Waals surface area (Å²) in [7, 11) is 4.59. The van der Waals surface area contributed by atoms with Crippen molar-refractivity contribution in [1.82, 2.24) is 5.32 Å². The van der Waals surface area contributed by atoms with Gasteiger partial charge < -0.3 is 19.5 Å². The second-order valence-corrected chi connectivity index (χ2v) is 6.40. The van der Waals surface area contributed by atoms with E-state index in [1.54, 1.807) is 12.1 Å². The van der Waals surface area contributed by atoms with E-state index in [1.807, 2.05) is 6.92 Å². The summed E-state index contributed by atoms with van der Waals surface area (Å²) in [5.74, 6) is 1.16. The topological polar surface area (TPSA) is 56.8 Å². The zero-order chi connectivity index (χ0) is 19.4. The molecule has 5 heteroatoms. The van der Waals surface area contributed by atoms with Crippen LogP contribution in [0.5, 0.6) is 17.2 Å². The van der Waals surface area contributed by atoms with Gasteiger partial charge in [0.1, 0.15) is 0 Å². The molecule has 2 aromatic carbocycles. The second-order valence-electron chi connectivity index (χ2n) is 6.40.